The van der Waals surface area contributed by atoms with Gasteiger partial charge in [0.1, 0.15) is 6.04 Å². The second kappa shape index (κ2) is 5.09. The van der Waals surface area contributed by atoms with Gasteiger partial charge in [0.05, 0.1) is 11.6 Å². The number of amides is 1. The maximum absolute atomic E-state index is 12.6. The first-order valence-electron chi connectivity index (χ1n) is 6.84. The van der Waals surface area contributed by atoms with Gasteiger partial charge in [0.2, 0.25) is 5.91 Å². The predicted molar refractivity (Wildman–Crippen MR) is 68.3 cm³/mol. The molecule has 1 aliphatic heterocycles. The van der Waals surface area contributed by atoms with E-state index in [1.165, 1.54) is 4.90 Å². The minimum Gasteiger partial charge on any atom is -0.480 e. The number of hydrogen-bond donors (Lipinski definition) is 3. The zero-order valence-corrected chi connectivity index (χ0v) is 11.2. The summed E-state index contributed by atoms with van der Waals surface area (Å²) in [7, 11) is 0. The topological polar surface area (TPSA) is 104 Å². The molecule has 2 aliphatic rings. The molecular formula is C13H22N2O4. The average molecular weight is 270 g/mol. The Hall–Kier alpha value is -1.14. The van der Waals surface area contributed by atoms with E-state index < -0.39 is 23.7 Å². The van der Waals surface area contributed by atoms with Gasteiger partial charge < -0.3 is 20.8 Å². The lowest BCUT2D eigenvalue weighted by Crippen LogP contribution is -2.59. The molecule has 0 spiro atoms. The van der Waals surface area contributed by atoms with Crippen molar-refractivity contribution < 1.29 is 19.8 Å². The smallest absolute Gasteiger partial charge is 0.326 e. The minimum absolute atomic E-state index is 0.0726. The molecular weight excluding hydrogens is 248 g/mol. The summed E-state index contributed by atoms with van der Waals surface area (Å²) in [6.07, 6.45) is 2.44. The molecule has 4 N–H and O–H groups in total. The maximum atomic E-state index is 12.6. The van der Waals surface area contributed by atoms with Gasteiger partial charge >= 0.3 is 5.97 Å². The van der Waals surface area contributed by atoms with Crippen LogP contribution in [0.25, 0.3) is 0 Å². The molecule has 1 heterocycles. The lowest BCUT2D eigenvalue weighted by atomic mass is 9.76. The van der Waals surface area contributed by atoms with E-state index in [0.29, 0.717) is 18.8 Å². The van der Waals surface area contributed by atoms with Crippen LogP contribution >= 0.6 is 0 Å². The number of nitrogens with zero attached hydrogens (tertiary/aromatic N) is 1. The Labute approximate surface area is 112 Å². The van der Waals surface area contributed by atoms with Gasteiger partial charge in [-0.15, -0.1) is 0 Å². The number of carbonyl (C=O) groups is 2. The number of carboxylic acid groups (broad SMARTS) is 1. The van der Waals surface area contributed by atoms with Gasteiger partial charge in [-0.1, -0.05) is 19.8 Å². The van der Waals surface area contributed by atoms with Gasteiger partial charge in [-0.25, -0.2) is 4.79 Å². The van der Waals surface area contributed by atoms with Crippen molar-refractivity contribution in [2.24, 2.45) is 11.7 Å². The second-order valence-corrected chi connectivity index (χ2v) is 6.06. The summed E-state index contributed by atoms with van der Waals surface area (Å²) in [5, 5.41) is 18.7. The summed E-state index contributed by atoms with van der Waals surface area (Å²) < 4.78 is 0. The number of likely N-dealkylation sites (tertiary alicyclic amines) is 1. The van der Waals surface area contributed by atoms with Gasteiger partial charge in [-0.3, -0.25) is 4.79 Å². The Bertz CT molecular complexity index is 387. The summed E-state index contributed by atoms with van der Waals surface area (Å²) in [6, 6.07) is -0.944. The molecule has 19 heavy (non-hydrogen) atoms. The van der Waals surface area contributed by atoms with Crippen LogP contribution in [0, 0.1) is 5.92 Å². The van der Waals surface area contributed by atoms with Crippen molar-refractivity contribution in [1.82, 2.24) is 4.90 Å². The molecule has 2 rings (SSSR count). The number of hydrogen-bond acceptors (Lipinski definition) is 4. The minimum atomic E-state index is -1.07. The summed E-state index contributed by atoms with van der Waals surface area (Å²) in [4.78, 5) is 25.0. The van der Waals surface area contributed by atoms with Crippen molar-refractivity contribution in [3.63, 3.8) is 0 Å². The Balaban J connectivity index is 2.16. The van der Waals surface area contributed by atoms with Crippen LogP contribution in [0.15, 0.2) is 0 Å². The van der Waals surface area contributed by atoms with Crippen LogP contribution in [0.3, 0.4) is 0 Å². The molecule has 1 amide bonds. The number of aliphatic hydroxyl groups is 1. The van der Waals surface area contributed by atoms with E-state index in [1.807, 2.05) is 0 Å². The monoisotopic (exact) mass is 270 g/mol. The average Bonchev–Trinajstić information content (AvgIpc) is 2.70. The number of aliphatic hydroxyl groups excluding tert-OH is 1. The lowest BCUT2D eigenvalue weighted by Gasteiger charge is -2.39. The number of carboxylic acids is 1. The Morgan fingerprint density at radius 1 is 1.42 bits per heavy atom. The number of rotatable bonds is 2. The number of aliphatic carboxylic acids is 1. The molecule has 2 unspecified atom stereocenters. The lowest BCUT2D eigenvalue weighted by molar-refractivity contribution is -0.151. The third-order valence-electron chi connectivity index (χ3n) is 4.28. The van der Waals surface area contributed by atoms with E-state index in [2.05, 4.69) is 6.92 Å². The SMILES string of the molecule is CC1CCCC(N)(C(=O)N2C[C@H](O)C[C@@H]2C(=O)O)C1. The highest BCUT2D eigenvalue weighted by atomic mass is 16.4. The Morgan fingerprint density at radius 3 is 2.68 bits per heavy atom. The van der Waals surface area contributed by atoms with Crippen molar-refractivity contribution >= 4 is 11.9 Å². The summed E-state index contributed by atoms with van der Waals surface area (Å²) in [5.41, 5.74) is 5.25. The Morgan fingerprint density at radius 2 is 2.11 bits per heavy atom. The highest BCUT2D eigenvalue weighted by molar-refractivity contribution is 5.90. The molecule has 6 nitrogen and oxygen atoms in total. The van der Waals surface area contributed by atoms with Gasteiger partial charge in [0.15, 0.2) is 0 Å². The van der Waals surface area contributed by atoms with Crippen molar-refractivity contribution in [1.29, 1.82) is 0 Å². The molecule has 1 aliphatic carbocycles. The fraction of sp³-hybridized carbons (Fsp3) is 0.846. The van der Waals surface area contributed by atoms with Gasteiger partial charge in [-0.2, -0.15) is 0 Å². The molecule has 0 aromatic carbocycles. The van der Waals surface area contributed by atoms with E-state index in [9.17, 15) is 14.7 Å². The fourth-order valence-electron chi connectivity index (χ4n) is 3.34. The number of nitrogens with two attached hydrogens (primary N) is 1. The quantitative estimate of drug-likeness (QED) is 0.652. The number of β-amino-alcohol motifs (C(OH)–C–C–N with tert-alkyl or cyclic N) is 1. The van der Waals surface area contributed by atoms with Crippen LogP contribution in [0.1, 0.15) is 39.0 Å². The van der Waals surface area contributed by atoms with E-state index in [1.54, 1.807) is 0 Å². The van der Waals surface area contributed by atoms with E-state index in [0.717, 1.165) is 12.8 Å². The van der Waals surface area contributed by atoms with Crippen LogP contribution in [-0.4, -0.2) is 51.2 Å². The van der Waals surface area contributed by atoms with Crippen molar-refractivity contribution in [2.75, 3.05) is 6.54 Å². The molecule has 2 fully saturated rings. The summed E-state index contributed by atoms with van der Waals surface area (Å²) >= 11 is 0. The molecule has 1 saturated carbocycles. The Kier molecular flexibility index (Phi) is 3.82. The third-order valence-corrected chi connectivity index (χ3v) is 4.28. The first kappa shape index (κ1) is 14.3. The van der Waals surface area contributed by atoms with Crippen molar-refractivity contribution in [3.05, 3.63) is 0 Å². The van der Waals surface area contributed by atoms with Crippen LogP contribution in [0.4, 0.5) is 0 Å². The second-order valence-electron chi connectivity index (χ2n) is 6.06. The van der Waals surface area contributed by atoms with Crippen LogP contribution < -0.4 is 5.73 Å². The van der Waals surface area contributed by atoms with Gasteiger partial charge in [-0.05, 0) is 18.8 Å². The molecule has 0 aromatic rings. The highest BCUT2D eigenvalue weighted by Crippen LogP contribution is 2.33. The van der Waals surface area contributed by atoms with Crippen molar-refractivity contribution in [3.8, 4) is 0 Å². The molecule has 0 radical (unpaired) electrons. The molecule has 108 valence electrons. The molecule has 1 saturated heterocycles. The zero-order valence-electron chi connectivity index (χ0n) is 11.2. The van der Waals surface area contributed by atoms with Gasteiger partial charge in [0.25, 0.3) is 0 Å². The van der Waals surface area contributed by atoms with E-state index in [-0.39, 0.29) is 18.9 Å². The van der Waals surface area contributed by atoms with Crippen LogP contribution in [0.2, 0.25) is 0 Å². The molecule has 4 atom stereocenters. The first-order chi connectivity index (χ1) is 8.83. The van der Waals surface area contributed by atoms with Gasteiger partial charge in [0, 0.05) is 13.0 Å². The number of carbonyl (C=O) groups excluding carboxylic acids is 1. The van der Waals surface area contributed by atoms with Crippen LogP contribution in [-0.2, 0) is 9.59 Å². The third kappa shape index (κ3) is 2.74. The highest BCUT2D eigenvalue weighted by Gasteiger charge is 2.47. The summed E-state index contributed by atoms with van der Waals surface area (Å²) in [6.45, 7) is 2.13. The molecule has 6 heteroatoms. The maximum Gasteiger partial charge on any atom is 0.326 e. The normalized spacial score (nSPS) is 39.3. The summed E-state index contributed by atoms with van der Waals surface area (Å²) in [5.74, 6) is -1.01. The zero-order chi connectivity index (χ0) is 14.2. The molecule has 0 bridgehead atoms. The largest absolute Gasteiger partial charge is 0.480 e. The fourth-order valence-corrected chi connectivity index (χ4v) is 3.34. The standard InChI is InChI=1S/C13H22N2O4/c1-8-3-2-4-13(14,6-8)12(19)15-7-9(16)5-10(15)11(17)18/h8-10,16H,2-7,14H2,1H3,(H,17,18)/t8?,9-,10-,13?/m1/s1. The molecule has 0 aromatic heterocycles. The first-order valence-corrected chi connectivity index (χ1v) is 6.84. The predicted octanol–water partition coefficient (Wildman–Crippen LogP) is -0.0596. The van der Waals surface area contributed by atoms with E-state index in [4.69, 9.17) is 10.8 Å². The van der Waals surface area contributed by atoms with Crippen LogP contribution in [0.5, 0.6) is 0 Å². The van der Waals surface area contributed by atoms with Crippen molar-refractivity contribution in [2.45, 2.75) is 56.7 Å². The van der Waals surface area contributed by atoms with E-state index >= 15 is 0 Å².